The second kappa shape index (κ2) is 9.38. The molecular formula is C19H37N5O3S. The molecule has 0 aromatic rings. The van der Waals surface area contributed by atoms with Crippen LogP contribution in [0.25, 0.3) is 0 Å². The molecule has 6 atom stereocenters. The van der Waals surface area contributed by atoms with Crippen molar-refractivity contribution in [3.63, 3.8) is 0 Å². The van der Waals surface area contributed by atoms with Gasteiger partial charge in [-0.15, -0.1) is 0 Å². The van der Waals surface area contributed by atoms with Crippen molar-refractivity contribution in [2.45, 2.75) is 81.9 Å². The number of hydrazine groups is 1. The number of amides is 1. The normalized spacial score (nSPS) is 36.2. The predicted molar refractivity (Wildman–Crippen MR) is 110 cm³/mol. The molecule has 162 valence electrons. The molecule has 8 nitrogen and oxygen atoms in total. The molecule has 4 N–H and O–H groups in total. The van der Waals surface area contributed by atoms with Gasteiger partial charge in [0.05, 0.1) is 18.9 Å². The van der Waals surface area contributed by atoms with E-state index in [2.05, 4.69) is 40.4 Å². The van der Waals surface area contributed by atoms with Crippen molar-refractivity contribution in [3.8, 4) is 0 Å². The molecule has 0 aromatic heterocycles. The van der Waals surface area contributed by atoms with Crippen LogP contribution >= 0.6 is 0 Å². The largest absolute Gasteiger partial charge is 0.352 e. The molecule has 0 spiro atoms. The molecule has 2 aliphatic heterocycles. The van der Waals surface area contributed by atoms with E-state index in [4.69, 9.17) is 0 Å². The third-order valence-electron chi connectivity index (χ3n) is 6.77. The van der Waals surface area contributed by atoms with Gasteiger partial charge in [0.1, 0.15) is 5.37 Å². The van der Waals surface area contributed by atoms with E-state index in [9.17, 15) is 13.2 Å². The van der Waals surface area contributed by atoms with E-state index < -0.39 is 21.3 Å². The summed E-state index contributed by atoms with van der Waals surface area (Å²) in [5, 5.41) is 5.67. The monoisotopic (exact) mass is 415 g/mol. The second-order valence-corrected chi connectivity index (χ2v) is 11.3. The fraction of sp³-hybridized carbons (Fsp3) is 0.947. The molecule has 2 heterocycles. The minimum atomic E-state index is -3.17. The summed E-state index contributed by atoms with van der Waals surface area (Å²) in [6.45, 7) is 3.19. The van der Waals surface area contributed by atoms with E-state index in [1.807, 2.05) is 0 Å². The number of carbonyl (C=O) groups excluding carboxylic acids is 1. The van der Waals surface area contributed by atoms with E-state index in [0.29, 0.717) is 30.8 Å². The number of hydrogen-bond acceptors (Lipinski definition) is 7. The van der Waals surface area contributed by atoms with Crippen molar-refractivity contribution < 1.29 is 13.2 Å². The zero-order valence-corrected chi connectivity index (χ0v) is 18.2. The van der Waals surface area contributed by atoms with Crippen LogP contribution in [0.3, 0.4) is 0 Å². The lowest BCUT2D eigenvalue weighted by molar-refractivity contribution is -0.124. The predicted octanol–water partition coefficient (Wildman–Crippen LogP) is 0.524. The van der Waals surface area contributed by atoms with Crippen LogP contribution in [0, 0.1) is 11.8 Å². The summed E-state index contributed by atoms with van der Waals surface area (Å²) in [5.41, 5.74) is 6.51. The lowest BCUT2D eigenvalue weighted by Crippen LogP contribution is -2.55. The zero-order valence-electron chi connectivity index (χ0n) is 17.4. The minimum Gasteiger partial charge on any atom is -0.352 e. The number of rotatable bonds is 6. The van der Waals surface area contributed by atoms with Crippen molar-refractivity contribution in [2.24, 2.45) is 11.8 Å². The maximum Gasteiger partial charge on any atom is 0.237 e. The number of piperidine rings is 1. The Balaban J connectivity index is 1.49. The molecule has 5 unspecified atom stereocenters. The lowest BCUT2D eigenvalue weighted by Gasteiger charge is -2.36. The molecule has 2 saturated heterocycles. The third-order valence-corrected chi connectivity index (χ3v) is 8.18. The fourth-order valence-corrected chi connectivity index (χ4v) is 5.92. The van der Waals surface area contributed by atoms with Crippen LogP contribution in [0.4, 0.5) is 0 Å². The van der Waals surface area contributed by atoms with Crippen molar-refractivity contribution >= 4 is 15.7 Å². The second-order valence-electron chi connectivity index (χ2n) is 9.07. The molecule has 0 aromatic carbocycles. The molecule has 1 saturated carbocycles. The van der Waals surface area contributed by atoms with Gasteiger partial charge in [0, 0.05) is 12.3 Å². The molecule has 28 heavy (non-hydrogen) atoms. The molecule has 3 rings (SSSR count). The number of sulfone groups is 1. The van der Waals surface area contributed by atoms with E-state index in [-0.39, 0.29) is 11.9 Å². The van der Waals surface area contributed by atoms with E-state index in [1.54, 1.807) is 0 Å². The molecular weight excluding hydrogens is 378 g/mol. The first-order valence-electron chi connectivity index (χ1n) is 10.7. The van der Waals surface area contributed by atoms with Gasteiger partial charge in [-0.05, 0) is 57.4 Å². The Morgan fingerprint density at radius 3 is 2.64 bits per heavy atom. The van der Waals surface area contributed by atoms with Crippen LogP contribution in [0.5, 0.6) is 0 Å². The first kappa shape index (κ1) is 22.0. The fourth-order valence-electron chi connectivity index (χ4n) is 4.91. The maximum atomic E-state index is 12.7. The number of carbonyl (C=O) groups is 1. The molecule has 3 aliphatic rings. The molecule has 9 heteroatoms. The van der Waals surface area contributed by atoms with E-state index in [1.165, 1.54) is 12.7 Å². The zero-order chi connectivity index (χ0) is 20.3. The number of nitrogens with one attached hydrogen (secondary N) is 4. The highest BCUT2D eigenvalue weighted by Crippen LogP contribution is 2.33. The minimum absolute atomic E-state index is 0.0342. The summed E-state index contributed by atoms with van der Waals surface area (Å²) in [7, 11) is -1.05. The van der Waals surface area contributed by atoms with Crippen LogP contribution in [0.1, 0.15) is 58.3 Å². The van der Waals surface area contributed by atoms with Gasteiger partial charge in [-0.2, -0.15) is 0 Å². The topological polar surface area (TPSA) is 103 Å². The summed E-state index contributed by atoms with van der Waals surface area (Å²) in [4.78, 5) is 15.0. The molecule has 3 fully saturated rings. The quantitative estimate of drug-likeness (QED) is 0.502. The third kappa shape index (κ3) is 5.66. The Hall–Kier alpha value is -0.740. The van der Waals surface area contributed by atoms with Crippen LogP contribution in [0.2, 0.25) is 0 Å². The first-order valence-corrected chi connectivity index (χ1v) is 12.6. The standard InChI is InChI=1S/C19H37N5O3S/c1-13(10-17-23-20-12-24(17)2)14-6-4-7-15(11-14)21-19(25)16-8-5-9-18(22-16)28(3,26)27/h13-18,20,22-23H,4-12H2,1-3H3,(H,21,25)/t13-,14?,15?,16?,17?,18?/m1/s1. The van der Waals surface area contributed by atoms with Gasteiger partial charge < -0.3 is 5.32 Å². The summed E-state index contributed by atoms with van der Waals surface area (Å²) < 4.78 is 23.6. The lowest BCUT2D eigenvalue weighted by atomic mass is 9.77. The van der Waals surface area contributed by atoms with Gasteiger partial charge in [0.25, 0.3) is 0 Å². The van der Waals surface area contributed by atoms with Gasteiger partial charge in [-0.3, -0.25) is 15.0 Å². The smallest absolute Gasteiger partial charge is 0.237 e. The van der Waals surface area contributed by atoms with Gasteiger partial charge in [-0.25, -0.2) is 19.3 Å². The summed E-state index contributed by atoms with van der Waals surface area (Å²) in [6, 6.07) is -0.199. The first-order chi connectivity index (χ1) is 13.2. The Bertz CT molecular complexity index is 643. The Morgan fingerprint density at radius 1 is 1.21 bits per heavy atom. The van der Waals surface area contributed by atoms with E-state index in [0.717, 1.165) is 38.8 Å². The Kier molecular flexibility index (Phi) is 7.36. The van der Waals surface area contributed by atoms with Crippen LogP contribution in [0.15, 0.2) is 0 Å². The van der Waals surface area contributed by atoms with Crippen LogP contribution in [-0.4, -0.2) is 62.8 Å². The number of hydrogen-bond donors (Lipinski definition) is 4. The Morgan fingerprint density at radius 2 is 1.96 bits per heavy atom. The summed E-state index contributed by atoms with van der Waals surface area (Å²) >= 11 is 0. The van der Waals surface area contributed by atoms with Gasteiger partial charge >= 0.3 is 0 Å². The van der Waals surface area contributed by atoms with Crippen molar-refractivity contribution in [1.82, 2.24) is 26.4 Å². The van der Waals surface area contributed by atoms with Gasteiger partial charge in [-0.1, -0.05) is 19.8 Å². The molecule has 0 radical (unpaired) electrons. The van der Waals surface area contributed by atoms with Gasteiger partial charge in [0.15, 0.2) is 9.84 Å². The summed E-state index contributed by atoms with van der Waals surface area (Å²) in [6.07, 6.45) is 9.14. The Labute approximate surface area is 169 Å². The van der Waals surface area contributed by atoms with Crippen molar-refractivity contribution in [1.29, 1.82) is 0 Å². The molecule has 1 amide bonds. The van der Waals surface area contributed by atoms with E-state index >= 15 is 0 Å². The van der Waals surface area contributed by atoms with Crippen LogP contribution in [-0.2, 0) is 14.6 Å². The highest BCUT2D eigenvalue weighted by atomic mass is 32.2. The highest BCUT2D eigenvalue weighted by molar-refractivity contribution is 7.91. The number of nitrogens with zero attached hydrogens (tertiary/aromatic N) is 1. The molecule has 0 bridgehead atoms. The van der Waals surface area contributed by atoms with Crippen LogP contribution < -0.4 is 21.5 Å². The average Bonchev–Trinajstić information content (AvgIpc) is 3.06. The average molecular weight is 416 g/mol. The highest BCUT2D eigenvalue weighted by Gasteiger charge is 2.34. The van der Waals surface area contributed by atoms with Crippen molar-refractivity contribution in [3.05, 3.63) is 0 Å². The van der Waals surface area contributed by atoms with Gasteiger partial charge in [0.2, 0.25) is 5.91 Å². The van der Waals surface area contributed by atoms with Crippen molar-refractivity contribution in [2.75, 3.05) is 20.0 Å². The summed E-state index contributed by atoms with van der Waals surface area (Å²) in [5.74, 6) is 1.16. The maximum absolute atomic E-state index is 12.7. The SMILES string of the molecule is C[C@H](CC1NNCN1C)C1CCCC(NC(=O)C2CCCC(S(C)(=O)=O)N2)C1. The molecule has 1 aliphatic carbocycles.